The van der Waals surface area contributed by atoms with Crippen LogP contribution in [0.25, 0.3) is 16.7 Å². The van der Waals surface area contributed by atoms with Crippen LogP contribution in [0.1, 0.15) is 35.2 Å². The highest BCUT2D eigenvalue weighted by atomic mass is 35.5. The number of carbonyl (C=O) groups is 1. The molecule has 1 aromatic heterocycles. The molecule has 0 radical (unpaired) electrons. The van der Waals surface area contributed by atoms with Crippen molar-refractivity contribution in [2.24, 2.45) is 0 Å². The van der Waals surface area contributed by atoms with Gasteiger partial charge in [-0.3, -0.25) is 9.69 Å². The van der Waals surface area contributed by atoms with Gasteiger partial charge >= 0.3 is 0 Å². The van der Waals surface area contributed by atoms with Gasteiger partial charge < -0.3 is 24.8 Å². The Morgan fingerprint density at radius 3 is 2.66 bits per heavy atom. The van der Waals surface area contributed by atoms with Crippen LogP contribution in [0, 0.1) is 0 Å². The molecule has 0 bridgehead atoms. The minimum Gasteiger partial charge on any atom is -0.511 e. The third-order valence-corrected chi connectivity index (χ3v) is 5.73. The fourth-order valence-electron chi connectivity index (χ4n) is 3.84. The second kappa shape index (κ2) is 9.46. The number of nitrogens with one attached hydrogen (secondary N) is 1. The Labute approximate surface area is 191 Å². The van der Waals surface area contributed by atoms with E-state index in [4.69, 9.17) is 20.9 Å². The number of alkyl halides is 1. The molecule has 1 amide bonds. The summed E-state index contributed by atoms with van der Waals surface area (Å²) in [5, 5.41) is 25.5. The maximum absolute atomic E-state index is 12.6. The van der Waals surface area contributed by atoms with Gasteiger partial charge in [0, 0.05) is 26.2 Å². The zero-order valence-corrected chi connectivity index (χ0v) is 18.6. The van der Waals surface area contributed by atoms with Crippen LogP contribution >= 0.6 is 11.6 Å². The number of aliphatic hydroxyl groups is 2. The first-order chi connectivity index (χ1) is 15.4. The molecule has 170 valence electrons. The number of rotatable bonds is 6. The van der Waals surface area contributed by atoms with E-state index < -0.39 is 5.06 Å². The molecule has 1 fully saturated rings. The molecule has 3 N–H and O–H groups in total. The van der Waals surface area contributed by atoms with E-state index >= 15 is 0 Å². The molecule has 1 unspecified atom stereocenters. The van der Waals surface area contributed by atoms with Crippen molar-refractivity contribution < 1.29 is 24.3 Å². The van der Waals surface area contributed by atoms with Crippen molar-refractivity contribution in [1.29, 1.82) is 0 Å². The number of aromatic nitrogens is 1. The highest BCUT2D eigenvalue weighted by Crippen LogP contribution is 2.39. The van der Waals surface area contributed by atoms with Crippen LogP contribution in [0.3, 0.4) is 0 Å². The zero-order valence-electron chi connectivity index (χ0n) is 17.8. The molecule has 2 aromatic rings. The molecule has 1 atom stereocenters. The number of aliphatic hydroxyl groups excluding tert-OH is 1. The first-order valence-corrected chi connectivity index (χ1v) is 11.0. The van der Waals surface area contributed by atoms with Crippen molar-refractivity contribution in [2.75, 3.05) is 32.8 Å². The Bertz CT molecular complexity index is 1040. The molecule has 0 saturated carbocycles. The van der Waals surface area contributed by atoms with Crippen LogP contribution in [-0.4, -0.2) is 64.1 Å². The first-order valence-electron chi connectivity index (χ1n) is 10.6. The molecule has 1 aromatic carbocycles. The first kappa shape index (κ1) is 22.5. The highest BCUT2D eigenvalue weighted by Gasteiger charge is 2.32. The van der Waals surface area contributed by atoms with Gasteiger partial charge in [0.05, 0.1) is 30.8 Å². The smallest absolute Gasteiger partial charge is 0.274 e. The van der Waals surface area contributed by atoms with Crippen LogP contribution in [0.5, 0.6) is 0 Å². The average Bonchev–Trinajstić information content (AvgIpc) is 3.19. The zero-order chi connectivity index (χ0) is 22.7. The van der Waals surface area contributed by atoms with E-state index in [2.05, 4.69) is 15.4 Å². The Balaban J connectivity index is 1.69. The van der Waals surface area contributed by atoms with Crippen molar-refractivity contribution in [3.8, 4) is 11.1 Å². The van der Waals surface area contributed by atoms with Crippen molar-refractivity contribution in [1.82, 2.24) is 15.4 Å². The molecule has 1 aliphatic heterocycles. The Hall–Kier alpha value is -2.65. The Morgan fingerprint density at radius 1 is 1.28 bits per heavy atom. The van der Waals surface area contributed by atoms with Gasteiger partial charge in [-0.2, -0.15) is 0 Å². The quantitative estimate of drug-likeness (QED) is 0.569. The van der Waals surface area contributed by atoms with Crippen LogP contribution < -0.4 is 5.32 Å². The van der Waals surface area contributed by atoms with Crippen LogP contribution in [0.15, 0.2) is 46.7 Å². The highest BCUT2D eigenvalue weighted by molar-refractivity contribution is 6.24. The second-order valence-corrected chi connectivity index (χ2v) is 8.52. The second-order valence-electron chi connectivity index (χ2n) is 7.87. The van der Waals surface area contributed by atoms with Gasteiger partial charge in [-0.25, -0.2) is 0 Å². The predicted octanol–water partition coefficient (Wildman–Crippen LogP) is 3.08. The Morgan fingerprint density at radius 2 is 2.00 bits per heavy atom. The minimum absolute atomic E-state index is 0.128. The number of morpholine rings is 1. The number of ether oxygens (including phenoxy) is 1. The maximum Gasteiger partial charge on any atom is 0.274 e. The van der Waals surface area contributed by atoms with Crippen molar-refractivity contribution in [3.05, 3.63) is 59.2 Å². The summed E-state index contributed by atoms with van der Waals surface area (Å²) in [7, 11) is 0. The SMILES string of the molecule is CCNC(=O)c1noc(C2=C(O)CC(O)(Cl)C=C2)c1-c1ccc(CN2CCOCC2)cc1. The topological polar surface area (TPSA) is 108 Å². The molecule has 1 saturated heterocycles. The van der Waals surface area contributed by atoms with E-state index in [1.54, 1.807) is 0 Å². The molecule has 2 aliphatic rings. The largest absolute Gasteiger partial charge is 0.511 e. The maximum atomic E-state index is 12.6. The lowest BCUT2D eigenvalue weighted by atomic mass is 9.94. The van der Waals surface area contributed by atoms with E-state index in [-0.39, 0.29) is 29.5 Å². The van der Waals surface area contributed by atoms with Crippen molar-refractivity contribution >= 4 is 23.1 Å². The summed E-state index contributed by atoms with van der Waals surface area (Å²) in [6, 6.07) is 7.84. The van der Waals surface area contributed by atoms with Crippen LogP contribution in [-0.2, 0) is 11.3 Å². The van der Waals surface area contributed by atoms with E-state index in [0.29, 0.717) is 17.7 Å². The number of halogens is 1. The summed E-state index contributed by atoms with van der Waals surface area (Å²) in [6.45, 7) is 6.33. The van der Waals surface area contributed by atoms with E-state index in [1.165, 1.54) is 12.2 Å². The molecule has 2 heterocycles. The third kappa shape index (κ3) is 4.88. The van der Waals surface area contributed by atoms with Gasteiger partial charge in [0.1, 0.15) is 5.76 Å². The number of allylic oxidation sites excluding steroid dienone is 2. The number of hydrogen-bond donors (Lipinski definition) is 3. The monoisotopic (exact) mass is 459 g/mol. The van der Waals surface area contributed by atoms with E-state index in [9.17, 15) is 15.0 Å². The minimum atomic E-state index is -1.67. The molecule has 4 rings (SSSR count). The van der Waals surface area contributed by atoms with Crippen molar-refractivity contribution in [2.45, 2.75) is 24.9 Å². The van der Waals surface area contributed by atoms with E-state index in [0.717, 1.165) is 44.0 Å². The summed E-state index contributed by atoms with van der Waals surface area (Å²) in [4.78, 5) is 15.0. The lowest BCUT2D eigenvalue weighted by molar-refractivity contribution is 0.0342. The summed E-state index contributed by atoms with van der Waals surface area (Å²) >= 11 is 5.92. The number of hydrogen-bond acceptors (Lipinski definition) is 7. The third-order valence-electron chi connectivity index (χ3n) is 5.47. The van der Waals surface area contributed by atoms with Crippen LogP contribution in [0.4, 0.5) is 0 Å². The van der Waals surface area contributed by atoms with Gasteiger partial charge in [-0.05, 0) is 30.2 Å². The van der Waals surface area contributed by atoms with Gasteiger partial charge in [0.2, 0.25) is 0 Å². The van der Waals surface area contributed by atoms with Gasteiger partial charge in [-0.1, -0.05) is 41.0 Å². The fourth-order valence-corrected chi connectivity index (χ4v) is 4.03. The number of benzene rings is 1. The molecule has 1 aliphatic carbocycles. The molecule has 32 heavy (non-hydrogen) atoms. The normalized spacial score (nSPS) is 21.7. The summed E-state index contributed by atoms with van der Waals surface area (Å²) < 4.78 is 10.9. The molecule has 0 spiro atoms. The number of amides is 1. The summed E-state index contributed by atoms with van der Waals surface area (Å²) in [6.07, 6.45) is 2.66. The molecule has 9 heteroatoms. The lowest BCUT2D eigenvalue weighted by Crippen LogP contribution is -2.35. The molecular weight excluding hydrogens is 434 g/mol. The molecular formula is C23H26ClN3O5. The van der Waals surface area contributed by atoms with Crippen LogP contribution in [0.2, 0.25) is 0 Å². The number of carbonyl (C=O) groups excluding carboxylic acids is 1. The standard InChI is InChI=1S/C23H26ClN3O5/c1-2-25-22(29)20-19(21(32-26-20)17-7-8-23(24,30)13-18(17)28)16-5-3-15(4-6-16)14-27-9-11-31-12-10-27/h3-8,28,30H,2,9-14H2,1H3,(H,25,29). The number of nitrogens with zero attached hydrogens (tertiary/aromatic N) is 2. The summed E-state index contributed by atoms with van der Waals surface area (Å²) in [5.74, 6) is -0.273. The Kier molecular flexibility index (Phi) is 6.66. The van der Waals surface area contributed by atoms with Crippen molar-refractivity contribution in [3.63, 3.8) is 0 Å². The van der Waals surface area contributed by atoms with Gasteiger partial charge in [0.25, 0.3) is 5.91 Å². The van der Waals surface area contributed by atoms with Gasteiger partial charge in [0.15, 0.2) is 16.5 Å². The lowest BCUT2D eigenvalue weighted by Gasteiger charge is -2.26. The fraction of sp³-hybridized carbons (Fsp3) is 0.391. The summed E-state index contributed by atoms with van der Waals surface area (Å²) in [5.41, 5.74) is 2.79. The molecule has 8 nitrogen and oxygen atoms in total. The van der Waals surface area contributed by atoms with Gasteiger partial charge in [-0.15, -0.1) is 0 Å². The van der Waals surface area contributed by atoms with E-state index in [1.807, 2.05) is 31.2 Å². The predicted molar refractivity (Wildman–Crippen MR) is 120 cm³/mol. The average molecular weight is 460 g/mol.